The molecule has 1 aliphatic heterocycles. The number of rotatable bonds is 7. The van der Waals surface area contributed by atoms with E-state index in [2.05, 4.69) is 5.32 Å². The van der Waals surface area contributed by atoms with Gasteiger partial charge in [-0.1, -0.05) is 84.1 Å². The Morgan fingerprint density at radius 3 is 2.47 bits per heavy atom. The lowest BCUT2D eigenvalue weighted by molar-refractivity contribution is -0.142. The van der Waals surface area contributed by atoms with E-state index in [1.807, 2.05) is 37.3 Å². The van der Waals surface area contributed by atoms with Crippen LogP contribution in [-0.2, 0) is 20.8 Å². The number of thioether (sulfide) groups is 1. The molecule has 1 heterocycles. The van der Waals surface area contributed by atoms with Gasteiger partial charge in [0.2, 0.25) is 5.91 Å². The van der Waals surface area contributed by atoms with Crippen molar-refractivity contribution in [2.75, 3.05) is 6.54 Å². The van der Waals surface area contributed by atoms with E-state index < -0.39 is 17.9 Å². The van der Waals surface area contributed by atoms with Crippen molar-refractivity contribution >= 4 is 52.2 Å². The molecule has 3 rings (SSSR count). The van der Waals surface area contributed by atoms with E-state index in [1.165, 1.54) is 4.90 Å². The highest BCUT2D eigenvalue weighted by Gasteiger charge is 2.34. The summed E-state index contributed by atoms with van der Waals surface area (Å²) in [6.45, 7) is 1.65. The standard InChI is InChI=1S/C22H20N2O4S2/c1-14-7-9-16(10-8-14)12-18-20(26)24(22(29)30-18)13-19(25)23-17(21(27)28)11-15-5-3-2-4-6-15/h2-10,12,17H,11,13H2,1H3,(H,23,25)(H,27,28)/b18-12+/t17-/m1/s1. The maximum absolute atomic E-state index is 12.7. The lowest BCUT2D eigenvalue weighted by atomic mass is 10.1. The molecular weight excluding hydrogens is 420 g/mol. The highest BCUT2D eigenvalue weighted by atomic mass is 32.2. The van der Waals surface area contributed by atoms with Gasteiger partial charge < -0.3 is 10.4 Å². The van der Waals surface area contributed by atoms with Crippen LogP contribution in [0.3, 0.4) is 0 Å². The number of hydrogen-bond donors (Lipinski definition) is 2. The van der Waals surface area contributed by atoms with E-state index in [0.29, 0.717) is 4.91 Å². The Bertz CT molecular complexity index is 1000. The van der Waals surface area contributed by atoms with Crippen LogP contribution in [0.2, 0.25) is 0 Å². The molecule has 0 unspecified atom stereocenters. The minimum atomic E-state index is -1.14. The maximum atomic E-state index is 12.7. The molecule has 2 aromatic carbocycles. The lowest BCUT2D eigenvalue weighted by Crippen LogP contribution is -2.47. The smallest absolute Gasteiger partial charge is 0.326 e. The first-order chi connectivity index (χ1) is 14.3. The van der Waals surface area contributed by atoms with Gasteiger partial charge >= 0.3 is 5.97 Å². The quantitative estimate of drug-likeness (QED) is 0.509. The first-order valence-electron chi connectivity index (χ1n) is 9.21. The summed E-state index contributed by atoms with van der Waals surface area (Å²) in [7, 11) is 0. The van der Waals surface area contributed by atoms with Crippen LogP contribution in [0.5, 0.6) is 0 Å². The monoisotopic (exact) mass is 440 g/mol. The van der Waals surface area contributed by atoms with Crippen LogP contribution in [-0.4, -0.2) is 44.7 Å². The van der Waals surface area contributed by atoms with Crippen LogP contribution >= 0.6 is 24.0 Å². The Labute approximate surface area is 184 Å². The topological polar surface area (TPSA) is 86.7 Å². The third-order valence-electron chi connectivity index (χ3n) is 4.47. The number of carbonyl (C=O) groups excluding carboxylic acids is 2. The van der Waals surface area contributed by atoms with Crippen molar-refractivity contribution in [1.82, 2.24) is 10.2 Å². The molecular formula is C22H20N2O4S2. The third kappa shape index (κ3) is 5.55. The molecule has 1 saturated heterocycles. The molecule has 1 atom stereocenters. The molecule has 1 fully saturated rings. The van der Waals surface area contributed by atoms with Crippen molar-refractivity contribution in [3.05, 3.63) is 76.2 Å². The Hall–Kier alpha value is -2.97. The highest BCUT2D eigenvalue weighted by molar-refractivity contribution is 8.26. The van der Waals surface area contributed by atoms with Gasteiger partial charge in [0.05, 0.1) is 4.91 Å². The number of thiocarbonyl (C=S) groups is 1. The number of hydrogen-bond acceptors (Lipinski definition) is 5. The van der Waals surface area contributed by atoms with E-state index in [-0.39, 0.29) is 23.2 Å². The summed E-state index contributed by atoms with van der Waals surface area (Å²) in [5, 5.41) is 11.9. The second kappa shape index (κ2) is 9.69. The normalized spacial score (nSPS) is 16.0. The van der Waals surface area contributed by atoms with Gasteiger partial charge in [0.1, 0.15) is 16.9 Å². The number of carbonyl (C=O) groups is 3. The fourth-order valence-electron chi connectivity index (χ4n) is 2.88. The number of nitrogens with zero attached hydrogens (tertiary/aromatic N) is 1. The molecule has 8 heteroatoms. The van der Waals surface area contributed by atoms with Gasteiger partial charge in [-0.2, -0.15) is 0 Å². The van der Waals surface area contributed by atoms with Crippen LogP contribution in [0.25, 0.3) is 6.08 Å². The van der Waals surface area contributed by atoms with Gasteiger partial charge in [-0.3, -0.25) is 14.5 Å². The molecule has 154 valence electrons. The zero-order valence-corrected chi connectivity index (χ0v) is 17.8. The van der Waals surface area contributed by atoms with Crippen molar-refractivity contribution in [2.24, 2.45) is 0 Å². The summed E-state index contributed by atoms with van der Waals surface area (Å²) in [6.07, 6.45) is 1.87. The first-order valence-corrected chi connectivity index (χ1v) is 10.4. The van der Waals surface area contributed by atoms with E-state index in [1.54, 1.807) is 30.3 Å². The molecule has 0 aliphatic carbocycles. The summed E-state index contributed by atoms with van der Waals surface area (Å²) in [6, 6.07) is 15.6. The van der Waals surface area contributed by atoms with Gasteiger partial charge in [0.15, 0.2) is 0 Å². The average Bonchev–Trinajstić information content (AvgIpc) is 2.97. The van der Waals surface area contributed by atoms with E-state index in [0.717, 1.165) is 28.5 Å². The molecule has 2 aromatic rings. The predicted molar refractivity (Wildman–Crippen MR) is 121 cm³/mol. The highest BCUT2D eigenvalue weighted by Crippen LogP contribution is 2.32. The van der Waals surface area contributed by atoms with E-state index in [9.17, 15) is 19.5 Å². The summed E-state index contributed by atoms with van der Waals surface area (Å²) >= 11 is 6.37. The predicted octanol–water partition coefficient (Wildman–Crippen LogP) is 3.01. The number of amides is 2. The summed E-state index contributed by atoms with van der Waals surface area (Å²) in [4.78, 5) is 38.3. The summed E-state index contributed by atoms with van der Waals surface area (Å²) in [5.41, 5.74) is 2.76. The Morgan fingerprint density at radius 1 is 1.17 bits per heavy atom. The Kier molecular flexibility index (Phi) is 7.02. The second-order valence-corrected chi connectivity index (χ2v) is 8.50. The number of aryl methyl sites for hydroxylation is 1. The van der Waals surface area contributed by atoms with E-state index in [4.69, 9.17) is 12.2 Å². The van der Waals surface area contributed by atoms with Crippen LogP contribution in [0.1, 0.15) is 16.7 Å². The molecule has 1 aliphatic rings. The number of carboxylic acids is 1. The molecule has 0 bridgehead atoms. The van der Waals surface area contributed by atoms with Crippen LogP contribution in [0, 0.1) is 6.92 Å². The van der Waals surface area contributed by atoms with Crippen LogP contribution < -0.4 is 5.32 Å². The summed E-state index contributed by atoms with van der Waals surface area (Å²) < 4.78 is 0.267. The fraction of sp³-hybridized carbons (Fsp3) is 0.182. The molecule has 0 saturated carbocycles. The zero-order valence-electron chi connectivity index (χ0n) is 16.2. The minimum absolute atomic E-state index is 0.146. The Morgan fingerprint density at radius 2 is 1.83 bits per heavy atom. The number of aliphatic carboxylic acids is 1. The summed E-state index contributed by atoms with van der Waals surface area (Å²) in [5.74, 6) is -2.08. The molecule has 30 heavy (non-hydrogen) atoms. The van der Waals surface area contributed by atoms with Gasteiger partial charge in [-0.15, -0.1) is 0 Å². The minimum Gasteiger partial charge on any atom is -0.480 e. The SMILES string of the molecule is Cc1ccc(/C=C2/SC(=S)N(CC(=O)N[C@H](Cc3ccccc3)C(=O)O)C2=O)cc1. The number of benzene rings is 2. The molecule has 0 radical (unpaired) electrons. The van der Waals surface area contributed by atoms with Crippen molar-refractivity contribution in [3.63, 3.8) is 0 Å². The lowest BCUT2D eigenvalue weighted by Gasteiger charge is -2.18. The zero-order chi connectivity index (χ0) is 21.7. The van der Waals surface area contributed by atoms with Crippen LogP contribution in [0.15, 0.2) is 59.5 Å². The molecule has 2 amide bonds. The molecule has 0 aromatic heterocycles. The van der Waals surface area contributed by atoms with Gasteiger partial charge in [-0.05, 0) is 24.1 Å². The number of nitrogens with one attached hydrogen (secondary N) is 1. The van der Waals surface area contributed by atoms with Crippen molar-refractivity contribution < 1.29 is 19.5 Å². The van der Waals surface area contributed by atoms with Crippen molar-refractivity contribution in [1.29, 1.82) is 0 Å². The van der Waals surface area contributed by atoms with Gasteiger partial charge in [0.25, 0.3) is 5.91 Å². The molecule has 2 N–H and O–H groups in total. The maximum Gasteiger partial charge on any atom is 0.326 e. The Balaban J connectivity index is 1.65. The van der Waals surface area contributed by atoms with Crippen LogP contribution in [0.4, 0.5) is 0 Å². The third-order valence-corrected chi connectivity index (χ3v) is 5.84. The van der Waals surface area contributed by atoms with Crippen molar-refractivity contribution in [2.45, 2.75) is 19.4 Å². The van der Waals surface area contributed by atoms with E-state index >= 15 is 0 Å². The first kappa shape index (κ1) is 21.7. The van der Waals surface area contributed by atoms with Gasteiger partial charge in [0, 0.05) is 6.42 Å². The average molecular weight is 441 g/mol. The fourth-order valence-corrected chi connectivity index (χ4v) is 4.14. The van der Waals surface area contributed by atoms with Gasteiger partial charge in [-0.25, -0.2) is 4.79 Å². The molecule has 6 nitrogen and oxygen atoms in total. The number of carboxylic acid groups (broad SMARTS) is 1. The molecule has 0 spiro atoms. The largest absolute Gasteiger partial charge is 0.480 e. The second-order valence-electron chi connectivity index (χ2n) is 6.83. The van der Waals surface area contributed by atoms with Crippen molar-refractivity contribution in [3.8, 4) is 0 Å².